The minimum absolute atomic E-state index is 0.0403. The van der Waals surface area contributed by atoms with Crippen molar-refractivity contribution in [2.24, 2.45) is 0 Å². The molecule has 0 saturated heterocycles. The van der Waals surface area contributed by atoms with Gasteiger partial charge >= 0.3 is 0 Å². The topological polar surface area (TPSA) is 51.4 Å². The van der Waals surface area contributed by atoms with E-state index >= 15 is 0 Å². The second kappa shape index (κ2) is 11.3. The van der Waals surface area contributed by atoms with E-state index in [-0.39, 0.29) is 5.56 Å². The van der Waals surface area contributed by atoms with Gasteiger partial charge in [-0.1, -0.05) is 32.4 Å². The average Bonchev–Trinajstić information content (AvgIpc) is 2.70. The van der Waals surface area contributed by atoms with Crippen molar-refractivity contribution in [3.63, 3.8) is 0 Å². The Balaban J connectivity index is 2.21. The van der Waals surface area contributed by atoms with Gasteiger partial charge in [0.25, 0.3) is 5.56 Å². The van der Waals surface area contributed by atoms with Gasteiger partial charge in [0.2, 0.25) is 0 Å². The van der Waals surface area contributed by atoms with Crippen molar-refractivity contribution in [2.75, 3.05) is 26.2 Å². The lowest BCUT2D eigenvalue weighted by Crippen LogP contribution is -2.44. The van der Waals surface area contributed by atoms with Gasteiger partial charge in [0.15, 0.2) is 5.11 Å². The molecule has 0 spiro atoms. The highest BCUT2D eigenvalue weighted by molar-refractivity contribution is 7.80. The summed E-state index contributed by atoms with van der Waals surface area (Å²) in [5, 5.41) is 5.20. The van der Waals surface area contributed by atoms with Crippen molar-refractivity contribution in [3.8, 4) is 0 Å². The van der Waals surface area contributed by atoms with Crippen molar-refractivity contribution < 1.29 is 0 Å². The Labute approximate surface area is 180 Å². The summed E-state index contributed by atoms with van der Waals surface area (Å²) >= 11 is 5.70. The fourth-order valence-electron chi connectivity index (χ4n) is 3.38. The number of thiocarbonyl (C=S) groups is 1. The number of H-pyrrole nitrogens is 1. The number of nitrogens with zero attached hydrogens (tertiary/aromatic N) is 2. The predicted octanol–water partition coefficient (Wildman–Crippen LogP) is 4.04. The van der Waals surface area contributed by atoms with E-state index in [2.05, 4.69) is 60.8 Å². The number of rotatable bonds is 10. The molecule has 0 aliphatic heterocycles. The molecule has 0 bridgehead atoms. The summed E-state index contributed by atoms with van der Waals surface area (Å²) in [4.78, 5) is 20.2. The van der Waals surface area contributed by atoms with Gasteiger partial charge in [-0.25, -0.2) is 0 Å². The lowest BCUT2D eigenvalue weighted by Gasteiger charge is -2.29. The van der Waals surface area contributed by atoms with Crippen LogP contribution in [0, 0.1) is 6.92 Å². The van der Waals surface area contributed by atoms with E-state index in [0.717, 1.165) is 60.6 Å². The largest absolute Gasteiger partial charge is 0.360 e. The second-order valence-corrected chi connectivity index (χ2v) is 8.16. The third-order valence-electron chi connectivity index (χ3n) is 5.50. The molecule has 0 fully saturated rings. The maximum atomic E-state index is 12.7. The first-order valence-electron chi connectivity index (χ1n) is 10.8. The summed E-state index contributed by atoms with van der Waals surface area (Å²) in [5.74, 6) is 0. The van der Waals surface area contributed by atoms with E-state index in [1.807, 2.05) is 18.2 Å². The Morgan fingerprint density at radius 1 is 1.17 bits per heavy atom. The number of aromatic amines is 1. The van der Waals surface area contributed by atoms with E-state index in [1.165, 1.54) is 5.56 Å². The first kappa shape index (κ1) is 23.4. The zero-order valence-corrected chi connectivity index (χ0v) is 19.4. The monoisotopic (exact) mass is 416 g/mol. The maximum Gasteiger partial charge on any atom is 0.253 e. The molecular formula is C23H36N4OS. The molecule has 1 heterocycles. The third kappa shape index (κ3) is 6.82. The van der Waals surface area contributed by atoms with Crippen LogP contribution in [0.3, 0.4) is 0 Å². The zero-order valence-electron chi connectivity index (χ0n) is 18.5. The van der Waals surface area contributed by atoms with Crippen LogP contribution in [0.25, 0.3) is 10.9 Å². The highest BCUT2D eigenvalue weighted by Crippen LogP contribution is 2.14. The van der Waals surface area contributed by atoms with E-state index in [4.69, 9.17) is 12.2 Å². The first-order chi connectivity index (χ1) is 13.9. The van der Waals surface area contributed by atoms with Crippen molar-refractivity contribution in [2.45, 2.75) is 60.0 Å². The quantitative estimate of drug-likeness (QED) is 0.573. The van der Waals surface area contributed by atoms with Crippen molar-refractivity contribution in [3.05, 3.63) is 45.7 Å². The van der Waals surface area contributed by atoms with Gasteiger partial charge < -0.3 is 20.1 Å². The molecule has 6 heteroatoms. The van der Waals surface area contributed by atoms with Crippen molar-refractivity contribution in [1.29, 1.82) is 0 Å². The van der Waals surface area contributed by atoms with Gasteiger partial charge in [-0.2, -0.15) is 0 Å². The summed E-state index contributed by atoms with van der Waals surface area (Å²) in [6, 6.07) is 8.40. The molecule has 29 heavy (non-hydrogen) atoms. The number of hydrogen-bond donors (Lipinski definition) is 2. The number of fused-ring (bicyclic) bond motifs is 1. The molecule has 0 aliphatic rings. The summed E-state index contributed by atoms with van der Waals surface area (Å²) in [5.41, 5.74) is 2.76. The molecule has 1 atom stereocenters. The zero-order chi connectivity index (χ0) is 21.4. The third-order valence-corrected chi connectivity index (χ3v) is 5.88. The highest BCUT2D eigenvalue weighted by Gasteiger charge is 2.15. The molecule has 2 aromatic rings. The summed E-state index contributed by atoms with van der Waals surface area (Å²) < 4.78 is 0. The Morgan fingerprint density at radius 2 is 1.90 bits per heavy atom. The van der Waals surface area contributed by atoms with Crippen LogP contribution in [-0.4, -0.2) is 52.1 Å². The van der Waals surface area contributed by atoms with Crippen LogP contribution in [0.5, 0.6) is 0 Å². The summed E-state index contributed by atoms with van der Waals surface area (Å²) in [6.45, 7) is 15.2. The van der Waals surface area contributed by atoms with Gasteiger partial charge in [-0.3, -0.25) is 4.79 Å². The van der Waals surface area contributed by atoms with Gasteiger partial charge in [0, 0.05) is 23.7 Å². The van der Waals surface area contributed by atoms with E-state index in [9.17, 15) is 4.79 Å². The van der Waals surface area contributed by atoms with Crippen molar-refractivity contribution in [1.82, 2.24) is 20.1 Å². The molecule has 1 unspecified atom stereocenters. The van der Waals surface area contributed by atoms with Crippen LogP contribution < -0.4 is 10.9 Å². The number of hydrogen-bond acceptors (Lipinski definition) is 3. The molecule has 2 rings (SSSR count). The average molecular weight is 417 g/mol. The van der Waals surface area contributed by atoms with Crippen LogP contribution in [-0.2, 0) is 6.54 Å². The molecule has 0 saturated carbocycles. The van der Waals surface area contributed by atoms with Crippen LogP contribution in [0.1, 0.15) is 51.7 Å². The molecular weight excluding hydrogens is 380 g/mol. The molecule has 0 aliphatic carbocycles. The molecule has 0 amide bonds. The Hall–Kier alpha value is -1.92. The van der Waals surface area contributed by atoms with E-state index in [1.54, 1.807) is 0 Å². The van der Waals surface area contributed by atoms with E-state index in [0.29, 0.717) is 12.6 Å². The van der Waals surface area contributed by atoms with E-state index < -0.39 is 0 Å². The number of pyridine rings is 1. The lowest BCUT2D eigenvalue weighted by atomic mass is 10.1. The smallest absolute Gasteiger partial charge is 0.253 e. The van der Waals surface area contributed by atoms with Crippen LogP contribution in [0.15, 0.2) is 29.1 Å². The molecule has 1 aromatic carbocycles. The summed E-state index contributed by atoms with van der Waals surface area (Å²) in [6.07, 6.45) is 2.01. The molecule has 2 N–H and O–H groups in total. The predicted molar refractivity (Wildman–Crippen MR) is 128 cm³/mol. The van der Waals surface area contributed by atoms with Gasteiger partial charge in [0.1, 0.15) is 0 Å². The second-order valence-electron chi connectivity index (χ2n) is 7.78. The fraction of sp³-hybridized carbons (Fsp3) is 0.565. The molecule has 0 radical (unpaired) electrons. The first-order valence-corrected chi connectivity index (χ1v) is 11.2. The van der Waals surface area contributed by atoms with Gasteiger partial charge in [-0.05, 0) is 82.1 Å². The Bertz CT molecular complexity index is 860. The van der Waals surface area contributed by atoms with Crippen molar-refractivity contribution >= 4 is 28.2 Å². The Kier molecular flexibility index (Phi) is 9.11. The minimum Gasteiger partial charge on any atom is -0.360 e. The fourth-order valence-corrected chi connectivity index (χ4v) is 3.73. The number of nitrogens with one attached hydrogen (secondary N) is 2. The number of aryl methyl sites for hydroxylation is 1. The van der Waals surface area contributed by atoms with Gasteiger partial charge in [0.05, 0.1) is 6.54 Å². The standard InChI is InChI=1S/C23H36N4OS/c1-6-18(5)24-23(29)27(13-9-12-26(7-2)8-3)16-20-15-19-14-17(4)10-11-21(19)25-22(20)28/h10-11,14-15,18H,6-9,12-13,16H2,1-5H3,(H,24,29)(H,25,28). The van der Waals surface area contributed by atoms with Crippen LogP contribution in [0.2, 0.25) is 0 Å². The lowest BCUT2D eigenvalue weighted by molar-refractivity contribution is 0.278. The minimum atomic E-state index is -0.0403. The normalized spacial score (nSPS) is 12.3. The van der Waals surface area contributed by atoms with Gasteiger partial charge in [-0.15, -0.1) is 0 Å². The highest BCUT2D eigenvalue weighted by atomic mass is 32.1. The summed E-state index contributed by atoms with van der Waals surface area (Å²) in [7, 11) is 0. The van der Waals surface area contributed by atoms with Crippen LogP contribution in [0.4, 0.5) is 0 Å². The molecule has 5 nitrogen and oxygen atoms in total. The number of aromatic nitrogens is 1. The van der Waals surface area contributed by atoms with Crippen LogP contribution >= 0.6 is 12.2 Å². The number of benzene rings is 1. The molecule has 1 aromatic heterocycles. The maximum absolute atomic E-state index is 12.7. The molecule has 160 valence electrons. The Morgan fingerprint density at radius 3 is 2.55 bits per heavy atom. The SMILES string of the molecule is CCC(C)NC(=S)N(CCCN(CC)CC)Cc1cc2cc(C)ccc2[nH]c1=O.